The SMILES string of the molecule is C=C/C=C1\C(=C/C)N(C)C(C=C)=C(/C=C\C)C1(C)C. The minimum atomic E-state index is -0.0570. The fourth-order valence-corrected chi connectivity index (χ4v) is 2.74. The number of nitrogens with zero attached hydrogens (tertiary/aromatic N) is 1. The van der Waals surface area contributed by atoms with Crippen molar-refractivity contribution in [2.45, 2.75) is 27.7 Å². The molecule has 0 atom stereocenters. The van der Waals surface area contributed by atoms with Crippen LogP contribution in [0.2, 0.25) is 0 Å². The second kappa shape index (κ2) is 5.92. The van der Waals surface area contributed by atoms with E-state index in [0.717, 1.165) is 5.70 Å². The van der Waals surface area contributed by atoms with Crippen LogP contribution in [-0.4, -0.2) is 11.9 Å². The highest BCUT2D eigenvalue weighted by Gasteiger charge is 2.36. The smallest absolute Gasteiger partial charge is 0.0443 e. The molecule has 102 valence electrons. The molecule has 1 heteroatoms. The van der Waals surface area contributed by atoms with Crippen LogP contribution >= 0.6 is 0 Å². The second-order valence-corrected chi connectivity index (χ2v) is 5.18. The molecule has 0 bridgehead atoms. The Labute approximate surface area is 118 Å². The molecule has 0 aromatic rings. The van der Waals surface area contributed by atoms with Crippen LogP contribution in [0.5, 0.6) is 0 Å². The van der Waals surface area contributed by atoms with Crippen LogP contribution in [0.3, 0.4) is 0 Å². The summed E-state index contributed by atoms with van der Waals surface area (Å²) in [4.78, 5) is 2.20. The molecular formula is C18H25N. The molecule has 1 heterocycles. The molecule has 0 aliphatic carbocycles. The van der Waals surface area contributed by atoms with E-state index in [1.54, 1.807) is 0 Å². The summed E-state index contributed by atoms with van der Waals surface area (Å²) >= 11 is 0. The fraction of sp³-hybridized carbons (Fsp3) is 0.333. The van der Waals surface area contributed by atoms with E-state index < -0.39 is 0 Å². The highest BCUT2D eigenvalue weighted by atomic mass is 15.1. The summed E-state index contributed by atoms with van der Waals surface area (Å²) in [5, 5.41) is 0. The molecule has 0 saturated heterocycles. The van der Waals surface area contributed by atoms with Crippen molar-refractivity contribution in [1.29, 1.82) is 0 Å². The highest BCUT2D eigenvalue weighted by Crippen LogP contribution is 2.47. The molecular weight excluding hydrogens is 230 g/mol. The highest BCUT2D eigenvalue weighted by molar-refractivity contribution is 5.54. The number of rotatable bonds is 3. The normalized spacial score (nSPS) is 23.5. The van der Waals surface area contributed by atoms with Crippen molar-refractivity contribution in [3.8, 4) is 0 Å². The summed E-state index contributed by atoms with van der Waals surface area (Å²) in [7, 11) is 2.09. The van der Waals surface area contributed by atoms with Gasteiger partial charge in [-0.25, -0.2) is 0 Å². The monoisotopic (exact) mass is 255 g/mol. The zero-order chi connectivity index (χ0) is 14.6. The Kier molecular flexibility index (Phi) is 4.77. The average Bonchev–Trinajstić information content (AvgIpc) is 2.37. The lowest BCUT2D eigenvalue weighted by Crippen LogP contribution is -2.34. The Hall–Kier alpha value is -1.76. The summed E-state index contributed by atoms with van der Waals surface area (Å²) < 4.78 is 0. The van der Waals surface area contributed by atoms with Gasteiger partial charge in [0.15, 0.2) is 0 Å². The van der Waals surface area contributed by atoms with Crippen molar-refractivity contribution >= 4 is 0 Å². The third-order valence-corrected chi connectivity index (χ3v) is 3.71. The molecule has 0 amide bonds. The maximum Gasteiger partial charge on any atom is 0.0443 e. The number of allylic oxidation sites excluding steroid dienone is 8. The Balaban J connectivity index is 3.70. The fourth-order valence-electron chi connectivity index (χ4n) is 2.74. The van der Waals surface area contributed by atoms with E-state index in [9.17, 15) is 0 Å². The van der Waals surface area contributed by atoms with Gasteiger partial charge in [0.1, 0.15) is 0 Å². The predicted octanol–water partition coefficient (Wildman–Crippen LogP) is 4.99. The maximum atomic E-state index is 3.97. The molecule has 1 aliphatic heterocycles. The van der Waals surface area contributed by atoms with Gasteiger partial charge in [0, 0.05) is 23.9 Å². The average molecular weight is 255 g/mol. The summed E-state index contributed by atoms with van der Waals surface area (Å²) in [5.41, 5.74) is 4.89. The van der Waals surface area contributed by atoms with Crippen molar-refractivity contribution in [3.05, 3.63) is 72.2 Å². The first-order valence-electron chi connectivity index (χ1n) is 6.69. The first-order chi connectivity index (χ1) is 8.95. The standard InChI is InChI=1S/C18H25N/c1-8-12-14-16(10-3)19(7)17(11-4)15(13-9-2)18(14,5)6/h8-13H,1,4H2,2-3,5-7H3/b13-9-,14-12+,16-10+. The lowest BCUT2D eigenvalue weighted by atomic mass is 9.71. The van der Waals surface area contributed by atoms with Crippen molar-refractivity contribution in [2.24, 2.45) is 5.41 Å². The molecule has 0 fully saturated rings. The van der Waals surface area contributed by atoms with Gasteiger partial charge in [-0.2, -0.15) is 0 Å². The predicted molar refractivity (Wildman–Crippen MR) is 85.6 cm³/mol. The number of hydrogen-bond acceptors (Lipinski definition) is 1. The third kappa shape index (κ3) is 2.51. The van der Waals surface area contributed by atoms with E-state index in [2.05, 4.69) is 70.2 Å². The zero-order valence-electron chi connectivity index (χ0n) is 12.8. The maximum absolute atomic E-state index is 3.97. The van der Waals surface area contributed by atoms with Gasteiger partial charge in [0.05, 0.1) is 0 Å². The minimum absolute atomic E-state index is 0.0570. The lowest BCUT2D eigenvalue weighted by molar-refractivity contribution is 0.424. The van der Waals surface area contributed by atoms with Gasteiger partial charge in [0.2, 0.25) is 0 Å². The summed E-state index contributed by atoms with van der Waals surface area (Å²) in [6.07, 6.45) is 12.3. The van der Waals surface area contributed by atoms with Crippen LogP contribution in [0.1, 0.15) is 27.7 Å². The minimum Gasteiger partial charge on any atom is -0.344 e. The Morgan fingerprint density at radius 2 is 1.79 bits per heavy atom. The van der Waals surface area contributed by atoms with Gasteiger partial charge in [-0.1, -0.05) is 57.4 Å². The van der Waals surface area contributed by atoms with Gasteiger partial charge in [-0.3, -0.25) is 0 Å². The van der Waals surface area contributed by atoms with Crippen molar-refractivity contribution < 1.29 is 0 Å². The van der Waals surface area contributed by atoms with Crippen LogP contribution in [-0.2, 0) is 0 Å². The van der Waals surface area contributed by atoms with E-state index in [1.807, 2.05) is 19.1 Å². The zero-order valence-corrected chi connectivity index (χ0v) is 12.8. The molecule has 0 aromatic carbocycles. The van der Waals surface area contributed by atoms with Crippen molar-refractivity contribution in [1.82, 2.24) is 4.90 Å². The van der Waals surface area contributed by atoms with E-state index in [0.29, 0.717) is 0 Å². The number of likely N-dealkylation sites (N-methyl/N-ethyl adjacent to an activating group) is 1. The largest absolute Gasteiger partial charge is 0.344 e. The van der Waals surface area contributed by atoms with Gasteiger partial charge < -0.3 is 4.90 Å². The molecule has 0 saturated carbocycles. The summed E-state index contributed by atoms with van der Waals surface area (Å²) in [5.74, 6) is 0. The Morgan fingerprint density at radius 3 is 2.21 bits per heavy atom. The van der Waals surface area contributed by atoms with Crippen LogP contribution in [0.25, 0.3) is 0 Å². The first-order valence-corrected chi connectivity index (χ1v) is 6.69. The summed E-state index contributed by atoms with van der Waals surface area (Å²) in [6, 6.07) is 0. The molecule has 19 heavy (non-hydrogen) atoms. The molecule has 1 aliphatic rings. The van der Waals surface area contributed by atoms with Crippen molar-refractivity contribution in [3.63, 3.8) is 0 Å². The van der Waals surface area contributed by atoms with Crippen LogP contribution in [0.4, 0.5) is 0 Å². The number of hydrogen-bond donors (Lipinski definition) is 0. The Bertz CT molecular complexity index is 496. The second-order valence-electron chi connectivity index (χ2n) is 5.18. The molecule has 0 N–H and O–H groups in total. The Morgan fingerprint density at radius 1 is 1.16 bits per heavy atom. The molecule has 0 spiro atoms. The molecule has 0 unspecified atom stereocenters. The van der Waals surface area contributed by atoms with Crippen LogP contribution < -0.4 is 0 Å². The molecule has 1 nitrogen and oxygen atoms in total. The first kappa shape index (κ1) is 15.3. The van der Waals surface area contributed by atoms with Gasteiger partial charge in [-0.05, 0) is 31.1 Å². The van der Waals surface area contributed by atoms with Crippen molar-refractivity contribution in [2.75, 3.05) is 7.05 Å². The topological polar surface area (TPSA) is 3.24 Å². The van der Waals surface area contributed by atoms with Gasteiger partial charge in [-0.15, -0.1) is 0 Å². The third-order valence-electron chi connectivity index (χ3n) is 3.71. The van der Waals surface area contributed by atoms with E-state index in [1.165, 1.54) is 16.8 Å². The van der Waals surface area contributed by atoms with E-state index >= 15 is 0 Å². The van der Waals surface area contributed by atoms with Gasteiger partial charge in [0.25, 0.3) is 0 Å². The molecule has 1 rings (SSSR count). The quantitative estimate of drug-likeness (QED) is 0.686. The van der Waals surface area contributed by atoms with E-state index in [4.69, 9.17) is 0 Å². The summed E-state index contributed by atoms with van der Waals surface area (Å²) in [6.45, 7) is 16.4. The van der Waals surface area contributed by atoms with Crippen LogP contribution in [0.15, 0.2) is 72.2 Å². The van der Waals surface area contributed by atoms with Gasteiger partial charge >= 0.3 is 0 Å². The molecule has 0 aromatic heterocycles. The molecule has 0 radical (unpaired) electrons. The van der Waals surface area contributed by atoms with Crippen LogP contribution in [0, 0.1) is 5.41 Å². The van der Waals surface area contributed by atoms with E-state index in [-0.39, 0.29) is 5.41 Å². The lowest BCUT2D eigenvalue weighted by Gasteiger charge is -2.43.